The third-order valence-corrected chi connectivity index (χ3v) is 3.82. The van der Waals surface area contributed by atoms with Gasteiger partial charge in [-0.05, 0) is 29.7 Å². The van der Waals surface area contributed by atoms with E-state index < -0.39 is 0 Å². The average Bonchev–Trinajstić information content (AvgIpc) is 2.96. The molecular weight excluding hydrogens is 290 g/mol. The van der Waals surface area contributed by atoms with Crippen LogP contribution in [0, 0.1) is 0 Å². The van der Waals surface area contributed by atoms with E-state index in [1.54, 1.807) is 18.0 Å². The lowest BCUT2D eigenvalue weighted by atomic mass is 10.0. The Morgan fingerprint density at radius 1 is 1.35 bits per heavy atom. The Balaban J connectivity index is 2.03. The monoisotopic (exact) mass is 315 g/mol. The zero-order valence-corrected chi connectivity index (χ0v) is 14.1. The van der Waals surface area contributed by atoms with Crippen molar-refractivity contribution >= 4 is 5.91 Å². The van der Waals surface area contributed by atoms with Gasteiger partial charge in [0.15, 0.2) is 0 Å². The number of nitrogens with one attached hydrogen (secondary N) is 1. The summed E-state index contributed by atoms with van der Waals surface area (Å²) in [6.07, 6.45) is 7.06. The van der Waals surface area contributed by atoms with Gasteiger partial charge in [-0.1, -0.05) is 31.9 Å². The van der Waals surface area contributed by atoms with Crippen LogP contribution in [0.3, 0.4) is 0 Å². The van der Waals surface area contributed by atoms with Crippen LogP contribution in [0.15, 0.2) is 36.7 Å². The first-order valence-electron chi connectivity index (χ1n) is 8.03. The summed E-state index contributed by atoms with van der Waals surface area (Å²) in [6.45, 7) is 2.16. The summed E-state index contributed by atoms with van der Waals surface area (Å²) in [7, 11) is 3.50. The molecule has 0 saturated heterocycles. The van der Waals surface area contributed by atoms with Crippen LogP contribution in [0.2, 0.25) is 0 Å². The van der Waals surface area contributed by atoms with Gasteiger partial charge in [0, 0.05) is 13.2 Å². The van der Waals surface area contributed by atoms with E-state index in [-0.39, 0.29) is 11.9 Å². The maximum atomic E-state index is 12.3. The molecule has 5 nitrogen and oxygen atoms in total. The molecule has 0 radical (unpaired) electrons. The first-order valence-corrected chi connectivity index (χ1v) is 8.03. The van der Waals surface area contributed by atoms with Crippen LogP contribution in [0.5, 0.6) is 5.75 Å². The van der Waals surface area contributed by atoms with Gasteiger partial charge in [-0.2, -0.15) is 5.10 Å². The van der Waals surface area contributed by atoms with Crippen molar-refractivity contribution in [1.82, 2.24) is 15.1 Å². The van der Waals surface area contributed by atoms with Crippen molar-refractivity contribution in [2.45, 2.75) is 38.6 Å². The molecule has 0 bridgehead atoms. The average molecular weight is 315 g/mol. The van der Waals surface area contributed by atoms with Gasteiger partial charge in [-0.15, -0.1) is 0 Å². The summed E-state index contributed by atoms with van der Waals surface area (Å²) >= 11 is 0. The van der Waals surface area contributed by atoms with Crippen molar-refractivity contribution in [2.24, 2.45) is 7.05 Å². The standard InChI is InChI=1S/C18H25N3O2/c1-4-5-6-17(15-7-9-16(23-3)10-8-15)20-18(22)11-14-12-19-21(2)13-14/h7-10,12-13,17H,4-6,11H2,1-3H3,(H,20,22). The molecule has 124 valence electrons. The van der Waals surface area contributed by atoms with Gasteiger partial charge < -0.3 is 10.1 Å². The van der Waals surface area contributed by atoms with E-state index in [1.165, 1.54) is 0 Å². The smallest absolute Gasteiger partial charge is 0.225 e. The Bertz CT molecular complexity index is 619. The van der Waals surface area contributed by atoms with Gasteiger partial charge in [-0.3, -0.25) is 9.48 Å². The normalized spacial score (nSPS) is 12.0. The summed E-state index contributed by atoms with van der Waals surface area (Å²) in [5.74, 6) is 0.847. The second-order valence-electron chi connectivity index (χ2n) is 5.73. The van der Waals surface area contributed by atoms with Crippen LogP contribution in [0.1, 0.15) is 43.4 Å². The molecule has 0 aliphatic carbocycles. The second-order valence-corrected chi connectivity index (χ2v) is 5.73. The summed E-state index contributed by atoms with van der Waals surface area (Å²) < 4.78 is 6.90. The van der Waals surface area contributed by atoms with Crippen molar-refractivity contribution < 1.29 is 9.53 Å². The highest BCUT2D eigenvalue weighted by molar-refractivity contribution is 5.78. The molecule has 2 aromatic rings. The predicted molar refractivity (Wildman–Crippen MR) is 90.3 cm³/mol. The number of aromatic nitrogens is 2. The van der Waals surface area contributed by atoms with Gasteiger partial charge in [0.05, 0.1) is 25.8 Å². The number of hydrogen-bond donors (Lipinski definition) is 1. The molecule has 2 rings (SSSR count). The van der Waals surface area contributed by atoms with E-state index in [4.69, 9.17) is 4.74 Å². The van der Waals surface area contributed by atoms with Gasteiger partial charge in [0.25, 0.3) is 0 Å². The fourth-order valence-corrected chi connectivity index (χ4v) is 2.56. The molecule has 0 aliphatic rings. The molecular formula is C18H25N3O2. The van der Waals surface area contributed by atoms with Crippen LogP contribution in [-0.4, -0.2) is 22.8 Å². The topological polar surface area (TPSA) is 56.2 Å². The van der Waals surface area contributed by atoms with Gasteiger partial charge in [0.2, 0.25) is 5.91 Å². The number of hydrogen-bond acceptors (Lipinski definition) is 3. The molecule has 1 aromatic heterocycles. The molecule has 0 saturated carbocycles. The molecule has 0 fully saturated rings. The van der Waals surface area contributed by atoms with Crippen molar-refractivity contribution in [3.05, 3.63) is 47.8 Å². The van der Waals surface area contributed by atoms with E-state index in [2.05, 4.69) is 17.3 Å². The van der Waals surface area contributed by atoms with Gasteiger partial charge >= 0.3 is 0 Å². The van der Waals surface area contributed by atoms with Crippen LogP contribution < -0.4 is 10.1 Å². The molecule has 1 N–H and O–H groups in total. The van der Waals surface area contributed by atoms with E-state index in [9.17, 15) is 4.79 Å². The summed E-state index contributed by atoms with van der Waals surface area (Å²) in [6, 6.07) is 7.93. The maximum absolute atomic E-state index is 12.3. The molecule has 0 aliphatic heterocycles. The Labute approximate surface area is 137 Å². The molecule has 1 atom stereocenters. The summed E-state index contributed by atoms with van der Waals surface area (Å²) in [5.41, 5.74) is 2.03. The molecule has 1 aromatic carbocycles. The first-order chi connectivity index (χ1) is 11.1. The minimum absolute atomic E-state index is 0.0231. The molecule has 1 amide bonds. The Kier molecular flexibility index (Phi) is 6.20. The number of methoxy groups -OCH3 is 1. The van der Waals surface area contributed by atoms with Crippen molar-refractivity contribution in [3.63, 3.8) is 0 Å². The van der Waals surface area contributed by atoms with Crippen LogP contribution >= 0.6 is 0 Å². The number of benzene rings is 1. The number of rotatable bonds is 8. The molecule has 23 heavy (non-hydrogen) atoms. The zero-order chi connectivity index (χ0) is 16.7. The van der Waals surface area contributed by atoms with E-state index in [0.29, 0.717) is 6.42 Å². The summed E-state index contributed by atoms with van der Waals surface area (Å²) in [5, 5.41) is 7.24. The van der Waals surface area contributed by atoms with Crippen molar-refractivity contribution in [1.29, 1.82) is 0 Å². The zero-order valence-electron chi connectivity index (χ0n) is 14.1. The van der Waals surface area contributed by atoms with Crippen LogP contribution in [0.4, 0.5) is 0 Å². The number of nitrogens with zero attached hydrogens (tertiary/aromatic N) is 2. The number of unbranched alkanes of at least 4 members (excludes halogenated alkanes) is 1. The third-order valence-electron chi connectivity index (χ3n) is 3.82. The Morgan fingerprint density at radius 3 is 2.65 bits per heavy atom. The molecule has 1 heterocycles. The lowest BCUT2D eigenvalue weighted by Gasteiger charge is -2.19. The predicted octanol–water partition coefficient (Wildman–Crippen LogP) is 3.02. The fraction of sp³-hybridized carbons (Fsp3) is 0.444. The van der Waals surface area contributed by atoms with Crippen molar-refractivity contribution in [2.75, 3.05) is 7.11 Å². The number of ether oxygens (including phenoxy) is 1. The third kappa shape index (κ3) is 5.13. The minimum atomic E-state index is 0.0231. The summed E-state index contributed by atoms with van der Waals surface area (Å²) in [4.78, 5) is 12.3. The fourth-order valence-electron chi connectivity index (χ4n) is 2.56. The van der Waals surface area contributed by atoms with E-state index >= 15 is 0 Å². The van der Waals surface area contributed by atoms with E-state index in [0.717, 1.165) is 36.1 Å². The van der Waals surface area contributed by atoms with Gasteiger partial charge in [0.1, 0.15) is 5.75 Å². The number of aryl methyl sites for hydroxylation is 1. The Morgan fingerprint density at radius 2 is 2.09 bits per heavy atom. The number of carbonyl (C=O) groups excluding carboxylic acids is 1. The number of carbonyl (C=O) groups is 1. The Hall–Kier alpha value is -2.30. The number of amides is 1. The van der Waals surface area contributed by atoms with Gasteiger partial charge in [-0.25, -0.2) is 0 Å². The lowest BCUT2D eigenvalue weighted by molar-refractivity contribution is -0.121. The van der Waals surface area contributed by atoms with Crippen molar-refractivity contribution in [3.8, 4) is 5.75 Å². The largest absolute Gasteiger partial charge is 0.497 e. The molecule has 5 heteroatoms. The highest BCUT2D eigenvalue weighted by Crippen LogP contribution is 2.22. The highest BCUT2D eigenvalue weighted by Gasteiger charge is 2.15. The SMILES string of the molecule is CCCCC(NC(=O)Cc1cnn(C)c1)c1ccc(OC)cc1. The second kappa shape index (κ2) is 8.36. The molecule has 0 spiro atoms. The first kappa shape index (κ1) is 17.1. The molecule has 1 unspecified atom stereocenters. The van der Waals surface area contributed by atoms with Crippen LogP contribution in [-0.2, 0) is 18.3 Å². The maximum Gasteiger partial charge on any atom is 0.225 e. The highest BCUT2D eigenvalue weighted by atomic mass is 16.5. The quantitative estimate of drug-likeness (QED) is 0.814. The van der Waals surface area contributed by atoms with E-state index in [1.807, 2.05) is 37.5 Å². The van der Waals surface area contributed by atoms with Crippen LogP contribution in [0.25, 0.3) is 0 Å². The minimum Gasteiger partial charge on any atom is -0.497 e. The lowest BCUT2D eigenvalue weighted by Crippen LogP contribution is -2.29.